The van der Waals surface area contributed by atoms with E-state index >= 15 is 0 Å². The van der Waals surface area contributed by atoms with Crippen molar-refractivity contribution in [3.63, 3.8) is 0 Å². The Bertz CT molecular complexity index is 226. The van der Waals surface area contributed by atoms with Gasteiger partial charge in [-0.15, -0.1) is 11.3 Å². The van der Waals surface area contributed by atoms with Gasteiger partial charge in [0.2, 0.25) is 0 Å². The minimum Gasteiger partial charge on any atom is -0.246 e. The SMILES string of the molecule is CC(C)Cc1csc(CC(C)C)n1. The van der Waals surface area contributed by atoms with Crippen molar-refractivity contribution in [1.29, 1.82) is 0 Å². The number of nitrogens with zero attached hydrogens (tertiary/aromatic N) is 1. The maximum atomic E-state index is 4.61. The zero-order chi connectivity index (χ0) is 9.84. The first-order chi connectivity index (χ1) is 6.08. The van der Waals surface area contributed by atoms with Gasteiger partial charge in [-0.2, -0.15) is 0 Å². The molecule has 74 valence electrons. The summed E-state index contributed by atoms with van der Waals surface area (Å²) in [5.41, 5.74) is 1.27. The average molecular weight is 197 g/mol. The van der Waals surface area contributed by atoms with Gasteiger partial charge >= 0.3 is 0 Å². The first kappa shape index (κ1) is 10.7. The molecule has 2 heteroatoms. The maximum absolute atomic E-state index is 4.61. The van der Waals surface area contributed by atoms with Crippen LogP contribution in [0.5, 0.6) is 0 Å². The highest BCUT2D eigenvalue weighted by molar-refractivity contribution is 7.09. The van der Waals surface area contributed by atoms with Crippen molar-refractivity contribution in [1.82, 2.24) is 4.98 Å². The van der Waals surface area contributed by atoms with Crippen LogP contribution >= 0.6 is 11.3 Å². The number of hydrogen-bond donors (Lipinski definition) is 0. The van der Waals surface area contributed by atoms with Crippen LogP contribution in [-0.2, 0) is 12.8 Å². The third-order valence-corrected chi connectivity index (χ3v) is 2.72. The molecule has 0 saturated heterocycles. The number of rotatable bonds is 4. The smallest absolute Gasteiger partial charge is 0.0930 e. The molecule has 0 spiro atoms. The van der Waals surface area contributed by atoms with Gasteiger partial charge in [-0.25, -0.2) is 4.98 Å². The summed E-state index contributed by atoms with van der Waals surface area (Å²) in [4.78, 5) is 4.61. The molecule has 0 N–H and O–H groups in total. The van der Waals surface area contributed by atoms with Crippen LogP contribution < -0.4 is 0 Å². The molecule has 1 aromatic heterocycles. The summed E-state index contributed by atoms with van der Waals surface area (Å²) in [5, 5.41) is 3.50. The molecule has 0 aromatic carbocycles. The molecule has 13 heavy (non-hydrogen) atoms. The highest BCUT2D eigenvalue weighted by Crippen LogP contribution is 2.16. The first-order valence-electron chi connectivity index (χ1n) is 5.01. The number of hydrogen-bond acceptors (Lipinski definition) is 2. The molecular weight excluding hydrogens is 178 g/mol. The Morgan fingerprint density at radius 3 is 2.31 bits per heavy atom. The van der Waals surface area contributed by atoms with Crippen molar-refractivity contribution in [2.75, 3.05) is 0 Å². The van der Waals surface area contributed by atoms with Crippen LogP contribution in [0.25, 0.3) is 0 Å². The lowest BCUT2D eigenvalue weighted by Gasteiger charge is -2.00. The van der Waals surface area contributed by atoms with Gasteiger partial charge < -0.3 is 0 Å². The highest BCUT2D eigenvalue weighted by Gasteiger charge is 2.05. The number of thiazole rings is 1. The van der Waals surface area contributed by atoms with E-state index in [4.69, 9.17) is 0 Å². The molecule has 0 atom stereocenters. The zero-order valence-corrected chi connectivity index (χ0v) is 9.82. The molecule has 0 saturated carbocycles. The lowest BCUT2D eigenvalue weighted by molar-refractivity contribution is 0.623. The highest BCUT2D eigenvalue weighted by atomic mass is 32.1. The maximum Gasteiger partial charge on any atom is 0.0930 e. The van der Waals surface area contributed by atoms with E-state index in [9.17, 15) is 0 Å². The summed E-state index contributed by atoms with van der Waals surface area (Å²) in [6.45, 7) is 8.95. The fourth-order valence-electron chi connectivity index (χ4n) is 1.30. The van der Waals surface area contributed by atoms with Gasteiger partial charge in [0, 0.05) is 11.8 Å². The Morgan fingerprint density at radius 1 is 1.15 bits per heavy atom. The molecule has 0 aliphatic heterocycles. The van der Waals surface area contributed by atoms with E-state index in [2.05, 4.69) is 38.1 Å². The van der Waals surface area contributed by atoms with Crippen LogP contribution in [0.3, 0.4) is 0 Å². The van der Waals surface area contributed by atoms with Gasteiger partial charge in [0.1, 0.15) is 0 Å². The summed E-state index contributed by atoms with van der Waals surface area (Å²) in [6, 6.07) is 0. The van der Waals surface area contributed by atoms with Gasteiger partial charge in [-0.3, -0.25) is 0 Å². The van der Waals surface area contributed by atoms with Gasteiger partial charge in [0.05, 0.1) is 10.7 Å². The van der Waals surface area contributed by atoms with Crippen LogP contribution in [0.2, 0.25) is 0 Å². The van der Waals surface area contributed by atoms with Crippen molar-refractivity contribution < 1.29 is 0 Å². The monoisotopic (exact) mass is 197 g/mol. The largest absolute Gasteiger partial charge is 0.246 e. The van der Waals surface area contributed by atoms with Crippen molar-refractivity contribution in [3.05, 3.63) is 16.1 Å². The Balaban J connectivity index is 2.53. The lowest BCUT2D eigenvalue weighted by atomic mass is 10.1. The van der Waals surface area contributed by atoms with E-state index in [-0.39, 0.29) is 0 Å². The van der Waals surface area contributed by atoms with Gasteiger partial charge in [0.25, 0.3) is 0 Å². The van der Waals surface area contributed by atoms with Crippen molar-refractivity contribution >= 4 is 11.3 Å². The van der Waals surface area contributed by atoms with Crippen LogP contribution in [-0.4, -0.2) is 4.98 Å². The quantitative estimate of drug-likeness (QED) is 0.719. The molecule has 0 amide bonds. The lowest BCUT2D eigenvalue weighted by Crippen LogP contribution is -1.96. The van der Waals surface area contributed by atoms with Gasteiger partial charge in [-0.05, 0) is 18.3 Å². The van der Waals surface area contributed by atoms with Crippen LogP contribution in [0.1, 0.15) is 38.4 Å². The summed E-state index contributed by atoms with van der Waals surface area (Å²) >= 11 is 1.81. The molecule has 1 heterocycles. The molecule has 0 aliphatic carbocycles. The molecule has 0 unspecified atom stereocenters. The molecule has 1 aromatic rings. The Morgan fingerprint density at radius 2 is 1.77 bits per heavy atom. The predicted octanol–water partition coefficient (Wildman–Crippen LogP) is 3.54. The summed E-state index contributed by atoms with van der Waals surface area (Å²) in [5.74, 6) is 1.44. The van der Waals surface area contributed by atoms with Crippen molar-refractivity contribution in [2.45, 2.75) is 40.5 Å². The molecule has 0 radical (unpaired) electrons. The molecule has 1 nitrogen and oxygen atoms in total. The average Bonchev–Trinajstić information content (AvgIpc) is 2.33. The van der Waals surface area contributed by atoms with Crippen molar-refractivity contribution in [2.24, 2.45) is 11.8 Å². The molecule has 0 fully saturated rings. The summed E-state index contributed by atoms with van der Waals surface area (Å²) < 4.78 is 0. The van der Waals surface area contributed by atoms with E-state index in [0.29, 0.717) is 5.92 Å². The first-order valence-corrected chi connectivity index (χ1v) is 5.89. The molecule has 0 aliphatic rings. The van der Waals surface area contributed by atoms with Crippen LogP contribution in [0, 0.1) is 11.8 Å². The predicted molar refractivity (Wildman–Crippen MR) is 59.2 cm³/mol. The van der Waals surface area contributed by atoms with E-state index < -0.39 is 0 Å². The zero-order valence-electron chi connectivity index (χ0n) is 9.00. The molecule has 0 bridgehead atoms. The number of aromatic nitrogens is 1. The van der Waals surface area contributed by atoms with Crippen LogP contribution in [0.4, 0.5) is 0 Å². The van der Waals surface area contributed by atoms with E-state index in [0.717, 1.165) is 18.8 Å². The standard InChI is InChI=1S/C11H19NS/c1-8(2)5-10-7-13-11(12-10)6-9(3)4/h7-9H,5-6H2,1-4H3. The second kappa shape index (κ2) is 4.75. The Hall–Kier alpha value is -0.370. The third kappa shape index (κ3) is 3.90. The second-order valence-electron chi connectivity index (χ2n) is 4.43. The summed E-state index contributed by atoms with van der Waals surface area (Å²) in [7, 11) is 0. The van der Waals surface area contributed by atoms with E-state index in [1.807, 2.05) is 11.3 Å². The minimum atomic E-state index is 0.717. The summed E-state index contributed by atoms with van der Waals surface area (Å²) in [6.07, 6.45) is 2.25. The molecule has 1 rings (SSSR count). The Kier molecular flexibility index (Phi) is 3.91. The minimum absolute atomic E-state index is 0.717. The topological polar surface area (TPSA) is 12.9 Å². The fourth-order valence-corrected chi connectivity index (χ4v) is 2.32. The van der Waals surface area contributed by atoms with Gasteiger partial charge in [-0.1, -0.05) is 27.7 Å². The van der Waals surface area contributed by atoms with Gasteiger partial charge in [0.15, 0.2) is 0 Å². The van der Waals surface area contributed by atoms with Crippen molar-refractivity contribution in [3.8, 4) is 0 Å². The third-order valence-electron chi connectivity index (χ3n) is 1.80. The molecular formula is C11H19NS. The fraction of sp³-hybridized carbons (Fsp3) is 0.727. The Labute approximate surface area is 85.2 Å². The van der Waals surface area contributed by atoms with E-state index in [1.54, 1.807) is 0 Å². The van der Waals surface area contributed by atoms with E-state index in [1.165, 1.54) is 10.7 Å². The van der Waals surface area contributed by atoms with Crippen LogP contribution in [0.15, 0.2) is 5.38 Å². The normalized spacial score (nSPS) is 11.5. The second-order valence-corrected chi connectivity index (χ2v) is 5.37.